The first kappa shape index (κ1) is 16.3. The Balaban J connectivity index is 1.56. The summed E-state index contributed by atoms with van der Waals surface area (Å²) in [7, 11) is -0.0834. The Hall–Kier alpha value is -0.100. The maximum Gasteiger partial charge on any atom is 0.347 e. The van der Waals surface area contributed by atoms with Crippen LogP contribution in [0, 0.1) is 5.92 Å². The summed E-state index contributed by atoms with van der Waals surface area (Å²) < 4.78 is 0. The first-order valence-electron chi connectivity index (χ1n) is 8.15. The lowest BCUT2D eigenvalue weighted by atomic mass is 9.89. The minimum atomic E-state index is -0.254. The molecule has 0 bridgehead atoms. The van der Waals surface area contributed by atoms with Crippen molar-refractivity contribution in [2.24, 2.45) is 11.7 Å². The van der Waals surface area contributed by atoms with Crippen molar-refractivity contribution in [3.05, 3.63) is 0 Å². The number of hydrogen-bond acceptors (Lipinski definition) is 4. The van der Waals surface area contributed by atoms with Crippen molar-refractivity contribution in [3.63, 3.8) is 0 Å². The maximum absolute atomic E-state index is 12.2. The summed E-state index contributed by atoms with van der Waals surface area (Å²) in [5.41, 5.74) is 6.06. The van der Waals surface area contributed by atoms with Crippen molar-refractivity contribution in [2.45, 2.75) is 44.6 Å². The molecule has 0 radical (unpaired) electrons. The molecule has 0 aromatic rings. The summed E-state index contributed by atoms with van der Waals surface area (Å²) in [4.78, 5) is 12.2. The zero-order valence-electron chi connectivity index (χ0n) is 12.5. The van der Waals surface area contributed by atoms with E-state index in [0.717, 1.165) is 50.0 Å². The second-order valence-electron chi connectivity index (χ2n) is 6.07. The molecule has 2 rings (SSSR count). The van der Waals surface area contributed by atoms with Gasteiger partial charge in [-0.3, -0.25) is 0 Å². The Morgan fingerprint density at radius 1 is 1.25 bits per heavy atom. The summed E-state index contributed by atoms with van der Waals surface area (Å²) >= 11 is 0. The monoisotopic (exact) mass is 300 g/mol. The highest BCUT2D eigenvalue weighted by molar-refractivity contribution is 8.11. The van der Waals surface area contributed by atoms with E-state index in [2.05, 4.69) is 10.6 Å². The summed E-state index contributed by atoms with van der Waals surface area (Å²) in [5, 5.41) is 7.11. The first-order chi connectivity index (χ1) is 9.77. The smallest absolute Gasteiger partial charge is 0.317 e. The van der Waals surface area contributed by atoms with Crippen molar-refractivity contribution in [3.8, 4) is 0 Å². The number of nitrogens with two attached hydrogens (primary N) is 1. The zero-order chi connectivity index (χ0) is 14.2. The van der Waals surface area contributed by atoms with E-state index in [1.165, 1.54) is 32.1 Å². The normalized spacial score (nSPS) is 23.6. The molecule has 0 spiro atoms. The van der Waals surface area contributed by atoms with Crippen molar-refractivity contribution >= 4 is 16.0 Å². The zero-order valence-corrected chi connectivity index (χ0v) is 13.4. The molecule has 4 nitrogen and oxygen atoms in total. The molecule has 4 N–H and O–H groups in total. The molecule has 1 aliphatic carbocycles. The van der Waals surface area contributed by atoms with Gasteiger partial charge in [0.2, 0.25) is 0 Å². The van der Waals surface area contributed by atoms with Crippen LogP contribution in [0.2, 0.25) is 0 Å². The summed E-state index contributed by atoms with van der Waals surface area (Å²) in [6, 6.07) is -0.254. The summed E-state index contributed by atoms with van der Waals surface area (Å²) in [6.45, 7) is 3.94. The third-order valence-corrected chi connectivity index (χ3v) is 6.69. The summed E-state index contributed by atoms with van der Waals surface area (Å²) in [6.07, 6.45) is 7.72. The van der Waals surface area contributed by atoms with Crippen molar-refractivity contribution in [2.75, 3.05) is 37.7 Å². The van der Waals surface area contributed by atoms with Crippen LogP contribution in [0.3, 0.4) is 0 Å². The fourth-order valence-electron chi connectivity index (χ4n) is 3.11. The van der Waals surface area contributed by atoms with Gasteiger partial charge in [0.05, 0.1) is 10.9 Å². The highest BCUT2D eigenvalue weighted by Gasteiger charge is 2.34. The molecular weight excluding hydrogens is 270 g/mol. The quantitative estimate of drug-likeness (QED) is 0.497. The molecule has 1 saturated heterocycles. The largest absolute Gasteiger partial charge is 0.347 e. The van der Waals surface area contributed by atoms with Crippen LogP contribution < -0.4 is 16.4 Å². The van der Waals surface area contributed by atoms with Gasteiger partial charge in [-0.05, 0) is 38.3 Å². The number of hydrogen-bond donors (Lipinski definition) is 3. The predicted octanol–water partition coefficient (Wildman–Crippen LogP) is 0.622. The molecule has 1 aliphatic heterocycles. The number of carbonyl (C=O) groups excluding carboxylic acids is 1. The van der Waals surface area contributed by atoms with E-state index in [0.29, 0.717) is 5.12 Å². The van der Waals surface area contributed by atoms with Gasteiger partial charge in [0, 0.05) is 13.1 Å². The van der Waals surface area contributed by atoms with Crippen LogP contribution in [0.4, 0.5) is 0 Å². The van der Waals surface area contributed by atoms with E-state index in [-0.39, 0.29) is 16.9 Å². The molecule has 1 saturated carbocycles. The molecular formula is C15H30N3OS+. The Bertz CT molecular complexity index is 289. The molecule has 0 aromatic carbocycles. The van der Waals surface area contributed by atoms with E-state index < -0.39 is 0 Å². The van der Waals surface area contributed by atoms with E-state index in [1.54, 1.807) is 0 Å². The van der Waals surface area contributed by atoms with E-state index in [4.69, 9.17) is 5.73 Å². The van der Waals surface area contributed by atoms with Gasteiger partial charge in [-0.1, -0.05) is 19.3 Å². The molecule has 116 valence electrons. The van der Waals surface area contributed by atoms with Gasteiger partial charge in [-0.25, -0.2) is 4.79 Å². The first-order valence-corrected chi connectivity index (χ1v) is 9.72. The van der Waals surface area contributed by atoms with Gasteiger partial charge in [-0.2, -0.15) is 0 Å². The minimum Gasteiger partial charge on any atom is -0.317 e. The fraction of sp³-hybridized carbons (Fsp3) is 0.933. The Kier molecular flexibility index (Phi) is 7.35. The molecule has 0 amide bonds. The average Bonchev–Trinajstić information content (AvgIpc) is 2.52. The van der Waals surface area contributed by atoms with E-state index in [1.807, 2.05) is 0 Å². The molecule has 2 aliphatic rings. The minimum absolute atomic E-state index is 0.0834. The number of rotatable bonds is 6. The van der Waals surface area contributed by atoms with Gasteiger partial charge in [-0.15, -0.1) is 0 Å². The topological polar surface area (TPSA) is 67.1 Å². The molecule has 2 fully saturated rings. The lowest BCUT2D eigenvalue weighted by Crippen LogP contribution is -2.46. The van der Waals surface area contributed by atoms with Crippen molar-refractivity contribution in [1.82, 2.24) is 10.6 Å². The molecule has 1 heterocycles. The number of carbonyl (C=O) groups is 1. The van der Waals surface area contributed by atoms with Crippen LogP contribution in [-0.4, -0.2) is 48.8 Å². The van der Waals surface area contributed by atoms with Crippen molar-refractivity contribution < 1.29 is 4.79 Å². The van der Waals surface area contributed by atoms with Gasteiger partial charge >= 0.3 is 5.12 Å². The Labute approximate surface area is 126 Å². The second kappa shape index (κ2) is 9.03. The van der Waals surface area contributed by atoms with Gasteiger partial charge in [0.1, 0.15) is 17.5 Å². The van der Waals surface area contributed by atoms with E-state index in [9.17, 15) is 4.79 Å². The van der Waals surface area contributed by atoms with Gasteiger partial charge < -0.3 is 16.4 Å². The highest BCUT2D eigenvalue weighted by atomic mass is 32.2. The van der Waals surface area contributed by atoms with Gasteiger partial charge in [0.15, 0.2) is 0 Å². The van der Waals surface area contributed by atoms with Crippen molar-refractivity contribution in [1.29, 1.82) is 0 Å². The van der Waals surface area contributed by atoms with Crippen LogP contribution in [0.1, 0.15) is 38.5 Å². The predicted molar refractivity (Wildman–Crippen MR) is 87.0 cm³/mol. The molecule has 0 aromatic heterocycles. The lowest BCUT2D eigenvalue weighted by molar-refractivity contribution is -0.112. The van der Waals surface area contributed by atoms with E-state index >= 15 is 0 Å². The van der Waals surface area contributed by atoms with Crippen LogP contribution >= 0.6 is 0 Å². The Morgan fingerprint density at radius 3 is 2.65 bits per heavy atom. The van der Waals surface area contributed by atoms with Crippen LogP contribution in [-0.2, 0) is 15.7 Å². The van der Waals surface area contributed by atoms with Crippen LogP contribution in [0.15, 0.2) is 0 Å². The molecule has 1 atom stereocenters. The van der Waals surface area contributed by atoms with Crippen LogP contribution in [0.5, 0.6) is 0 Å². The highest BCUT2D eigenvalue weighted by Crippen LogP contribution is 2.22. The molecule has 0 unspecified atom stereocenters. The summed E-state index contributed by atoms with van der Waals surface area (Å²) in [5.74, 6) is 2.83. The standard InChI is InChI=1S/C15H30N3OS/c16-14(15(19)20-10-8-17-9-11-20)6-7-18-12-13-4-2-1-3-5-13/h13-14,17-18H,1-12,16H2/q+1/t14-/m0/s1. The SMILES string of the molecule is N[C@@H](CCNCC1CCCCC1)C(=O)[S+]1CCNCC1. The Morgan fingerprint density at radius 2 is 1.95 bits per heavy atom. The fourth-order valence-corrected chi connectivity index (χ4v) is 5.04. The van der Waals surface area contributed by atoms with Crippen LogP contribution in [0.25, 0.3) is 0 Å². The lowest BCUT2D eigenvalue weighted by Gasteiger charge is -2.22. The maximum atomic E-state index is 12.2. The van der Waals surface area contributed by atoms with Gasteiger partial charge in [0.25, 0.3) is 0 Å². The number of nitrogens with one attached hydrogen (secondary N) is 2. The average molecular weight is 300 g/mol. The second-order valence-corrected chi connectivity index (χ2v) is 8.28. The molecule has 5 heteroatoms. The molecule has 20 heavy (non-hydrogen) atoms. The third kappa shape index (κ3) is 5.35. The third-order valence-electron chi connectivity index (χ3n) is 4.43.